The minimum absolute atomic E-state index is 0.334. The molecule has 110 valence electrons. The summed E-state index contributed by atoms with van der Waals surface area (Å²) in [7, 11) is 2.16. The third-order valence-electron chi connectivity index (χ3n) is 3.85. The second-order valence-corrected chi connectivity index (χ2v) is 5.70. The summed E-state index contributed by atoms with van der Waals surface area (Å²) in [6, 6.07) is 16.8. The Balaban J connectivity index is 1.62. The molecule has 0 N–H and O–H groups in total. The number of rotatable bonds is 5. The zero-order valence-electron chi connectivity index (χ0n) is 12.6. The Hall–Kier alpha value is -2.00. The van der Waals surface area contributed by atoms with Crippen molar-refractivity contribution < 1.29 is 9.47 Å². The van der Waals surface area contributed by atoms with Crippen LogP contribution in [0.5, 0.6) is 11.5 Å². The maximum Gasteiger partial charge on any atom is 0.231 e. The molecule has 3 nitrogen and oxygen atoms in total. The SMILES string of the molecule is CC(CN(C)Cc1ccccc1)c1ccc2c(c1)OCO2. The monoisotopic (exact) mass is 283 g/mol. The molecule has 1 heterocycles. The van der Waals surface area contributed by atoms with E-state index < -0.39 is 0 Å². The molecule has 1 unspecified atom stereocenters. The van der Waals surface area contributed by atoms with Crippen molar-refractivity contribution in [3.8, 4) is 11.5 Å². The van der Waals surface area contributed by atoms with Crippen molar-refractivity contribution in [2.75, 3.05) is 20.4 Å². The first-order valence-corrected chi connectivity index (χ1v) is 7.34. The zero-order valence-corrected chi connectivity index (χ0v) is 12.6. The van der Waals surface area contributed by atoms with Crippen LogP contribution in [0.25, 0.3) is 0 Å². The van der Waals surface area contributed by atoms with Gasteiger partial charge in [0.1, 0.15) is 0 Å². The molecule has 0 fully saturated rings. The van der Waals surface area contributed by atoms with Gasteiger partial charge in [-0.2, -0.15) is 0 Å². The Morgan fingerprint density at radius 1 is 1.05 bits per heavy atom. The lowest BCUT2D eigenvalue weighted by Crippen LogP contribution is -2.23. The summed E-state index contributed by atoms with van der Waals surface area (Å²) in [5, 5.41) is 0. The molecule has 0 aromatic heterocycles. The van der Waals surface area contributed by atoms with Crippen LogP contribution in [-0.2, 0) is 6.54 Å². The van der Waals surface area contributed by atoms with Crippen molar-refractivity contribution in [2.45, 2.75) is 19.4 Å². The summed E-state index contributed by atoms with van der Waals surface area (Å²) < 4.78 is 10.8. The van der Waals surface area contributed by atoms with Crippen LogP contribution in [0.2, 0.25) is 0 Å². The van der Waals surface area contributed by atoms with Gasteiger partial charge < -0.3 is 14.4 Å². The Kier molecular flexibility index (Phi) is 4.11. The van der Waals surface area contributed by atoms with Gasteiger partial charge in [0.2, 0.25) is 6.79 Å². The van der Waals surface area contributed by atoms with Crippen molar-refractivity contribution in [1.82, 2.24) is 4.90 Å². The highest BCUT2D eigenvalue weighted by Gasteiger charge is 2.16. The van der Waals surface area contributed by atoms with Gasteiger partial charge in [-0.1, -0.05) is 43.3 Å². The summed E-state index contributed by atoms with van der Waals surface area (Å²) in [6.45, 7) is 4.56. The lowest BCUT2D eigenvalue weighted by atomic mass is 10.00. The van der Waals surface area contributed by atoms with E-state index >= 15 is 0 Å². The van der Waals surface area contributed by atoms with E-state index in [1.165, 1.54) is 11.1 Å². The van der Waals surface area contributed by atoms with E-state index in [2.05, 4.69) is 61.3 Å². The average molecular weight is 283 g/mol. The lowest BCUT2D eigenvalue weighted by molar-refractivity contribution is 0.174. The van der Waals surface area contributed by atoms with Crippen LogP contribution >= 0.6 is 0 Å². The van der Waals surface area contributed by atoms with E-state index in [1.54, 1.807) is 0 Å². The van der Waals surface area contributed by atoms with Gasteiger partial charge in [-0.15, -0.1) is 0 Å². The standard InChI is InChI=1S/C18H21NO2/c1-14(11-19(2)12-15-6-4-3-5-7-15)16-8-9-17-18(10-16)21-13-20-17/h3-10,14H,11-13H2,1-2H3. The molecule has 3 rings (SSSR count). The molecule has 0 radical (unpaired) electrons. The first kappa shape index (κ1) is 14.0. The highest BCUT2D eigenvalue weighted by molar-refractivity contribution is 5.45. The normalized spacial score (nSPS) is 14.4. The van der Waals surface area contributed by atoms with Gasteiger partial charge in [-0.25, -0.2) is 0 Å². The van der Waals surface area contributed by atoms with Gasteiger partial charge in [0, 0.05) is 13.1 Å². The van der Waals surface area contributed by atoms with Gasteiger partial charge in [0.25, 0.3) is 0 Å². The molecule has 0 amide bonds. The van der Waals surface area contributed by atoms with Crippen LogP contribution in [0, 0.1) is 0 Å². The van der Waals surface area contributed by atoms with Gasteiger partial charge in [-0.3, -0.25) is 0 Å². The van der Waals surface area contributed by atoms with Gasteiger partial charge in [0.05, 0.1) is 0 Å². The third kappa shape index (κ3) is 3.37. The van der Waals surface area contributed by atoms with Crippen molar-refractivity contribution >= 4 is 0 Å². The van der Waals surface area contributed by atoms with Crippen LogP contribution in [0.4, 0.5) is 0 Å². The molecular weight excluding hydrogens is 262 g/mol. The number of nitrogens with zero attached hydrogens (tertiary/aromatic N) is 1. The highest BCUT2D eigenvalue weighted by Crippen LogP contribution is 2.34. The fourth-order valence-corrected chi connectivity index (χ4v) is 2.75. The van der Waals surface area contributed by atoms with E-state index in [0.717, 1.165) is 24.6 Å². The lowest BCUT2D eigenvalue weighted by Gasteiger charge is -2.22. The topological polar surface area (TPSA) is 21.7 Å². The van der Waals surface area contributed by atoms with Crippen molar-refractivity contribution in [3.05, 3.63) is 59.7 Å². The van der Waals surface area contributed by atoms with Crippen molar-refractivity contribution in [1.29, 1.82) is 0 Å². The highest BCUT2D eigenvalue weighted by atomic mass is 16.7. The summed E-state index contributed by atoms with van der Waals surface area (Å²) >= 11 is 0. The molecule has 0 saturated heterocycles. The first-order chi connectivity index (χ1) is 10.2. The average Bonchev–Trinajstić information content (AvgIpc) is 2.95. The number of hydrogen-bond acceptors (Lipinski definition) is 3. The molecule has 0 aliphatic carbocycles. The molecule has 0 spiro atoms. The Bertz CT molecular complexity index is 597. The predicted octanol–water partition coefficient (Wildman–Crippen LogP) is 3.65. The maximum atomic E-state index is 5.45. The number of ether oxygens (including phenoxy) is 2. The quantitative estimate of drug-likeness (QED) is 0.836. The van der Waals surface area contributed by atoms with Gasteiger partial charge in [0.15, 0.2) is 11.5 Å². The second-order valence-electron chi connectivity index (χ2n) is 5.70. The van der Waals surface area contributed by atoms with Crippen molar-refractivity contribution in [2.24, 2.45) is 0 Å². The predicted molar refractivity (Wildman–Crippen MR) is 83.8 cm³/mol. The minimum atomic E-state index is 0.334. The smallest absolute Gasteiger partial charge is 0.231 e. The summed E-state index contributed by atoms with van der Waals surface area (Å²) in [5.41, 5.74) is 2.64. The Morgan fingerprint density at radius 3 is 2.62 bits per heavy atom. The largest absolute Gasteiger partial charge is 0.454 e. The second kappa shape index (κ2) is 6.19. The zero-order chi connectivity index (χ0) is 14.7. The van der Waals surface area contributed by atoms with Gasteiger partial charge >= 0.3 is 0 Å². The number of hydrogen-bond donors (Lipinski definition) is 0. The third-order valence-corrected chi connectivity index (χ3v) is 3.85. The van der Waals surface area contributed by atoms with Crippen LogP contribution in [-0.4, -0.2) is 25.3 Å². The van der Waals surface area contributed by atoms with E-state index in [1.807, 2.05) is 6.07 Å². The number of likely N-dealkylation sites (N-methyl/N-ethyl adjacent to an activating group) is 1. The molecule has 1 atom stereocenters. The molecule has 0 saturated carbocycles. The van der Waals surface area contributed by atoms with Gasteiger partial charge in [-0.05, 0) is 36.2 Å². The Morgan fingerprint density at radius 2 is 1.81 bits per heavy atom. The Labute approximate surface area is 126 Å². The number of fused-ring (bicyclic) bond motifs is 1. The molecule has 3 heteroatoms. The van der Waals surface area contributed by atoms with Crippen molar-refractivity contribution in [3.63, 3.8) is 0 Å². The molecule has 1 aliphatic rings. The summed E-state index contributed by atoms with van der Waals surface area (Å²) in [4.78, 5) is 2.35. The van der Waals surface area contributed by atoms with Crippen LogP contribution in [0.1, 0.15) is 24.0 Å². The molecule has 2 aromatic rings. The summed E-state index contributed by atoms with van der Waals surface area (Å²) in [5.74, 6) is 2.17. The van der Waals surface area contributed by atoms with E-state index in [-0.39, 0.29) is 0 Å². The fourth-order valence-electron chi connectivity index (χ4n) is 2.75. The molecular formula is C18H21NO2. The fraction of sp³-hybridized carbons (Fsp3) is 0.333. The molecule has 1 aliphatic heterocycles. The van der Waals surface area contributed by atoms with Crippen LogP contribution < -0.4 is 9.47 Å². The first-order valence-electron chi connectivity index (χ1n) is 7.34. The molecule has 0 bridgehead atoms. The van der Waals surface area contributed by atoms with Crippen LogP contribution in [0.3, 0.4) is 0 Å². The number of benzene rings is 2. The minimum Gasteiger partial charge on any atom is -0.454 e. The molecule has 21 heavy (non-hydrogen) atoms. The van der Waals surface area contributed by atoms with E-state index in [0.29, 0.717) is 12.7 Å². The van der Waals surface area contributed by atoms with E-state index in [4.69, 9.17) is 9.47 Å². The van der Waals surface area contributed by atoms with E-state index in [9.17, 15) is 0 Å². The molecule has 2 aromatic carbocycles. The summed E-state index contributed by atoms with van der Waals surface area (Å²) in [6.07, 6.45) is 0. The maximum absolute atomic E-state index is 5.45. The van der Waals surface area contributed by atoms with Crippen LogP contribution in [0.15, 0.2) is 48.5 Å².